The maximum absolute atomic E-state index is 12.1. The molecule has 0 aliphatic carbocycles. The zero-order valence-corrected chi connectivity index (χ0v) is 14.2. The first-order valence-electron chi connectivity index (χ1n) is 7.79. The van der Waals surface area contributed by atoms with Gasteiger partial charge in [0.1, 0.15) is 5.75 Å². The van der Waals surface area contributed by atoms with Gasteiger partial charge >= 0.3 is 0 Å². The van der Waals surface area contributed by atoms with Crippen molar-refractivity contribution < 1.29 is 14.3 Å². The van der Waals surface area contributed by atoms with Crippen molar-refractivity contribution >= 4 is 11.8 Å². The molecule has 24 heavy (non-hydrogen) atoms. The number of benzene rings is 2. The van der Waals surface area contributed by atoms with Crippen molar-refractivity contribution in [2.24, 2.45) is 0 Å². The van der Waals surface area contributed by atoms with E-state index in [0.29, 0.717) is 12.0 Å². The largest absolute Gasteiger partial charge is 0.496 e. The number of ether oxygens (including phenoxy) is 1. The zero-order valence-electron chi connectivity index (χ0n) is 14.2. The number of hydrazine groups is 1. The van der Waals surface area contributed by atoms with Crippen LogP contribution < -0.4 is 15.6 Å². The molecular formula is C19H22N2O3. The molecule has 0 atom stereocenters. The lowest BCUT2D eigenvalue weighted by Crippen LogP contribution is -2.42. The van der Waals surface area contributed by atoms with Crippen molar-refractivity contribution in [1.29, 1.82) is 0 Å². The number of para-hydroxylation sites is 1. The summed E-state index contributed by atoms with van der Waals surface area (Å²) in [5.41, 5.74) is 8.37. The van der Waals surface area contributed by atoms with E-state index >= 15 is 0 Å². The van der Waals surface area contributed by atoms with E-state index in [1.165, 1.54) is 0 Å². The molecule has 2 aromatic carbocycles. The lowest BCUT2D eigenvalue weighted by molar-refractivity contribution is -0.121. The third-order valence-corrected chi connectivity index (χ3v) is 3.76. The van der Waals surface area contributed by atoms with Gasteiger partial charge in [-0.15, -0.1) is 0 Å². The number of carbonyl (C=O) groups is 2. The highest BCUT2D eigenvalue weighted by molar-refractivity contribution is 5.96. The monoisotopic (exact) mass is 326 g/mol. The topological polar surface area (TPSA) is 67.4 Å². The first-order valence-corrected chi connectivity index (χ1v) is 7.79. The van der Waals surface area contributed by atoms with Crippen molar-refractivity contribution in [3.05, 3.63) is 64.7 Å². The number of amides is 2. The molecule has 0 saturated carbocycles. The van der Waals surface area contributed by atoms with Gasteiger partial charge in [0, 0.05) is 12.0 Å². The number of carbonyl (C=O) groups excluding carboxylic acids is 2. The fraction of sp³-hybridized carbons (Fsp3) is 0.263. The van der Waals surface area contributed by atoms with Gasteiger partial charge in [-0.25, -0.2) is 0 Å². The summed E-state index contributed by atoms with van der Waals surface area (Å²) in [5.74, 6) is 0.182. The van der Waals surface area contributed by atoms with Crippen molar-refractivity contribution in [2.75, 3.05) is 7.11 Å². The quantitative estimate of drug-likeness (QED) is 0.830. The maximum Gasteiger partial charge on any atom is 0.269 e. The normalized spacial score (nSPS) is 10.1. The van der Waals surface area contributed by atoms with Crippen molar-refractivity contribution in [3.63, 3.8) is 0 Å². The number of methoxy groups -OCH3 is 1. The van der Waals surface area contributed by atoms with E-state index in [4.69, 9.17) is 4.74 Å². The molecule has 2 aromatic rings. The summed E-state index contributed by atoms with van der Waals surface area (Å²) in [6.07, 6.45) is 0.794. The Morgan fingerprint density at radius 3 is 2.50 bits per heavy atom. The molecule has 0 aromatic heterocycles. The Hall–Kier alpha value is -2.82. The Kier molecular flexibility index (Phi) is 5.95. The number of hydrogen-bond donors (Lipinski definition) is 2. The Morgan fingerprint density at radius 1 is 1.04 bits per heavy atom. The predicted octanol–water partition coefficient (Wildman–Crippen LogP) is 2.71. The smallest absolute Gasteiger partial charge is 0.269 e. The van der Waals surface area contributed by atoms with E-state index in [2.05, 4.69) is 10.9 Å². The highest BCUT2D eigenvalue weighted by Gasteiger charge is 2.11. The molecule has 2 N–H and O–H groups in total. The van der Waals surface area contributed by atoms with Gasteiger partial charge < -0.3 is 4.74 Å². The van der Waals surface area contributed by atoms with Gasteiger partial charge in [-0.3, -0.25) is 20.4 Å². The zero-order chi connectivity index (χ0) is 17.5. The van der Waals surface area contributed by atoms with E-state index < -0.39 is 0 Å². The fourth-order valence-corrected chi connectivity index (χ4v) is 2.48. The second-order valence-corrected chi connectivity index (χ2v) is 5.63. The lowest BCUT2D eigenvalue weighted by Gasteiger charge is -2.11. The van der Waals surface area contributed by atoms with Crippen LogP contribution in [0.2, 0.25) is 0 Å². The summed E-state index contributed by atoms with van der Waals surface area (Å²) in [5, 5.41) is 0. The number of rotatable bonds is 5. The molecule has 126 valence electrons. The Labute approximate surface area is 142 Å². The molecule has 2 rings (SSSR count). The fourth-order valence-electron chi connectivity index (χ4n) is 2.48. The summed E-state index contributed by atoms with van der Waals surface area (Å²) >= 11 is 0. The van der Waals surface area contributed by atoms with E-state index in [0.717, 1.165) is 22.4 Å². The molecule has 0 unspecified atom stereocenters. The van der Waals surface area contributed by atoms with Crippen LogP contribution in [0.25, 0.3) is 0 Å². The molecule has 0 spiro atoms. The van der Waals surface area contributed by atoms with E-state index in [-0.39, 0.29) is 18.2 Å². The number of aryl methyl sites for hydroxylation is 3. The summed E-state index contributed by atoms with van der Waals surface area (Å²) in [4.78, 5) is 24.0. The standard InChI is InChI=1S/C19H22N2O3/c1-13-8-10-16(14(2)12-13)19(23)21-20-18(22)11-9-15-6-4-5-7-17(15)24-3/h4-8,10,12H,9,11H2,1-3H3,(H,20,22)(H,21,23). The third-order valence-electron chi connectivity index (χ3n) is 3.76. The molecule has 0 fully saturated rings. The van der Waals surface area contributed by atoms with Gasteiger partial charge in [0.2, 0.25) is 5.91 Å². The highest BCUT2D eigenvalue weighted by Crippen LogP contribution is 2.18. The minimum Gasteiger partial charge on any atom is -0.496 e. The van der Waals surface area contributed by atoms with Gasteiger partial charge in [-0.1, -0.05) is 35.9 Å². The van der Waals surface area contributed by atoms with Gasteiger partial charge in [0.05, 0.1) is 7.11 Å². The first-order chi connectivity index (χ1) is 11.5. The summed E-state index contributed by atoms with van der Waals surface area (Å²) in [6.45, 7) is 3.83. The van der Waals surface area contributed by atoms with Crippen LogP contribution in [0.4, 0.5) is 0 Å². The van der Waals surface area contributed by atoms with E-state index in [1.54, 1.807) is 13.2 Å². The number of hydrogen-bond acceptors (Lipinski definition) is 3. The van der Waals surface area contributed by atoms with Gasteiger partial charge in [0.25, 0.3) is 5.91 Å². The van der Waals surface area contributed by atoms with Crippen LogP contribution in [0.15, 0.2) is 42.5 Å². The SMILES string of the molecule is COc1ccccc1CCC(=O)NNC(=O)c1ccc(C)cc1C. The second-order valence-electron chi connectivity index (χ2n) is 5.63. The Balaban J connectivity index is 1.85. The van der Waals surface area contributed by atoms with Crippen LogP contribution in [-0.2, 0) is 11.2 Å². The molecule has 0 aliphatic rings. The summed E-state index contributed by atoms with van der Waals surface area (Å²) in [6, 6.07) is 13.1. The lowest BCUT2D eigenvalue weighted by atomic mass is 10.1. The van der Waals surface area contributed by atoms with Crippen LogP contribution in [0.1, 0.15) is 33.5 Å². The van der Waals surface area contributed by atoms with Crippen molar-refractivity contribution in [1.82, 2.24) is 10.9 Å². The molecule has 0 saturated heterocycles. The number of nitrogens with one attached hydrogen (secondary N) is 2. The van der Waals surface area contributed by atoms with Crippen LogP contribution in [-0.4, -0.2) is 18.9 Å². The molecule has 5 heteroatoms. The highest BCUT2D eigenvalue weighted by atomic mass is 16.5. The molecule has 0 radical (unpaired) electrons. The molecule has 0 aliphatic heterocycles. The van der Waals surface area contributed by atoms with E-state index in [1.807, 2.05) is 50.2 Å². The van der Waals surface area contributed by atoms with Gasteiger partial charge in [0.15, 0.2) is 0 Å². The van der Waals surface area contributed by atoms with E-state index in [9.17, 15) is 9.59 Å². The second kappa shape index (κ2) is 8.15. The molecular weight excluding hydrogens is 304 g/mol. The third kappa shape index (κ3) is 4.59. The minimum atomic E-state index is -0.321. The Bertz CT molecular complexity index is 741. The predicted molar refractivity (Wildman–Crippen MR) is 92.8 cm³/mol. The average molecular weight is 326 g/mol. The average Bonchev–Trinajstić information content (AvgIpc) is 2.58. The van der Waals surface area contributed by atoms with Gasteiger partial charge in [-0.2, -0.15) is 0 Å². The van der Waals surface area contributed by atoms with Crippen LogP contribution in [0, 0.1) is 13.8 Å². The van der Waals surface area contributed by atoms with Crippen LogP contribution >= 0.6 is 0 Å². The summed E-state index contributed by atoms with van der Waals surface area (Å²) in [7, 11) is 1.60. The minimum absolute atomic E-state index is 0.251. The van der Waals surface area contributed by atoms with Crippen molar-refractivity contribution in [2.45, 2.75) is 26.7 Å². The van der Waals surface area contributed by atoms with Crippen LogP contribution in [0.3, 0.4) is 0 Å². The Morgan fingerprint density at radius 2 is 1.79 bits per heavy atom. The maximum atomic E-state index is 12.1. The molecule has 2 amide bonds. The van der Waals surface area contributed by atoms with Crippen molar-refractivity contribution in [3.8, 4) is 5.75 Å². The summed E-state index contributed by atoms with van der Waals surface area (Å²) < 4.78 is 5.26. The molecule has 0 bridgehead atoms. The molecule has 0 heterocycles. The van der Waals surface area contributed by atoms with Gasteiger partial charge in [-0.05, 0) is 43.5 Å². The first kappa shape index (κ1) is 17.5. The van der Waals surface area contributed by atoms with Crippen LogP contribution in [0.5, 0.6) is 5.75 Å². The molecule has 5 nitrogen and oxygen atoms in total.